The van der Waals surface area contributed by atoms with Gasteiger partial charge in [-0.05, 0) is 49.9 Å². The lowest BCUT2D eigenvalue weighted by Crippen LogP contribution is -2.33. The largest absolute Gasteiger partial charge is 0.480 e. The highest BCUT2D eigenvalue weighted by Gasteiger charge is 2.48. The molecular weight excluding hydrogens is 227 g/mol. The molecule has 0 aliphatic heterocycles. The Bertz CT molecular complexity index is 400. The van der Waals surface area contributed by atoms with Crippen molar-refractivity contribution >= 4 is 17.7 Å². The van der Waals surface area contributed by atoms with Gasteiger partial charge in [-0.3, -0.25) is 4.79 Å². The number of carbonyl (C=O) groups is 1. The zero-order valence-electron chi connectivity index (χ0n) is 8.94. The first kappa shape index (κ1) is 11.5. The van der Waals surface area contributed by atoms with Gasteiger partial charge in [0.2, 0.25) is 0 Å². The Kier molecular flexibility index (Phi) is 2.93. The second kappa shape index (κ2) is 4.09. The molecule has 0 heterocycles. The maximum absolute atomic E-state index is 12.7. The van der Waals surface area contributed by atoms with E-state index in [2.05, 4.69) is 0 Å². The highest BCUT2D eigenvalue weighted by atomic mass is 32.2. The zero-order valence-corrected chi connectivity index (χ0v) is 9.76. The van der Waals surface area contributed by atoms with Crippen molar-refractivity contribution in [2.24, 2.45) is 5.92 Å². The van der Waals surface area contributed by atoms with Crippen LogP contribution in [-0.4, -0.2) is 15.8 Å². The van der Waals surface area contributed by atoms with Gasteiger partial charge in [-0.2, -0.15) is 0 Å². The van der Waals surface area contributed by atoms with Crippen LogP contribution in [0.4, 0.5) is 4.39 Å². The van der Waals surface area contributed by atoms with Crippen molar-refractivity contribution in [3.63, 3.8) is 0 Å². The van der Waals surface area contributed by atoms with E-state index in [0.717, 1.165) is 17.7 Å². The minimum atomic E-state index is -0.788. The monoisotopic (exact) mass is 240 g/mol. The van der Waals surface area contributed by atoms with Crippen LogP contribution in [-0.2, 0) is 4.79 Å². The summed E-state index contributed by atoms with van der Waals surface area (Å²) in [4.78, 5) is 12.1. The average Bonchev–Trinajstić information content (AvgIpc) is 3.04. The van der Waals surface area contributed by atoms with E-state index in [1.807, 2.05) is 0 Å². The molecule has 1 aromatic carbocycles. The van der Waals surface area contributed by atoms with Crippen LogP contribution in [0.2, 0.25) is 0 Å². The Morgan fingerprint density at radius 1 is 1.44 bits per heavy atom. The van der Waals surface area contributed by atoms with Gasteiger partial charge in [-0.25, -0.2) is 4.39 Å². The Hall–Kier alpha value is -1.03. The van der Waals surface area contributed by atoms with Gasteiger partial charge in [-0.15, -0.1) is 11.8 Å². The van der Waals surface area contributed by atoms with Crippen LogP contribution < -0.4 is 0 Å². The zero-order chi connectivity index (χ0) is 11.8. The number of hydrogen-bond acceptors (Lipinski definition) is 2. The molecule has 1 aromatic rings. The van der Waals surface area contributed by atoms with Crippen molar-refractivity contribution in [1.82, 2.24) is 0 Å². The minimum absolute atomic E-state index is 0.236. The van der Waals surface area contributed by atoms with Gasteiger partial charge in [0.05, 0.1) is 0 Å². The molecule has 1 unspecified atom stereocenters. The van der Waals surface area contributed by atoms with Gasteiger partial charge in [0.1, 0.15) is 10.6 Å². The molecule has 1 atom stereocenters. The number of thioether (sulfide) groups is 1. The van der Waals surface area contributed by atoms with Crippen molar-refractivity contribution < 1.29 is 14.3 Å². The second-order valence-electron chi connectivity index (χ2n) is 4.24. The fourth-order valence-corrected chi connectivity index (χ4v) is 2.93. The van der Waals surface area contributed by atoms with E-state index in [-0.39, 0.29) is 11.7 Å². The first-order valence-corrected chi connectivity index (χ1v) is 6.02. The summed E-state index contributed by atoms with van der Waals surface area (Å²) in [6.45, 7) is 1.75. The molecule has 4 heteroatoms. The lowest BCUT2D eigenvalue weighted by atomic mass is 10.1. The Morgan fingerprint density at radius 2 is 2.00 bits per heavy atom. The Balaban J connectivity index is 2.17. The van der Waals surface area contributed by atoms with Crippen LogP contribution >= 0.6 is 11.8 Å². The van der Waals surface area contributed by atoms with Crippen LogP contribution in [0.1, 0.15) is 19.8 Å². The van der Waals surface area contributed by atoms with Gasteiger partial charge in [0, 0.05) is 4.90 Å². The Morgan fingerprint density at radius 3 is 2.44 bits per heavy atom. The molecule has 86 valence electrons. The maximum atomic E-state index is 12.7. The van der Waals surface area contributed by atoms with Crippen molar-refractivity contribution in [2.45, 2.75) is 29.4 Å². The molecule has 0 amide bonds. The van der Waals surface area contributed by atoms with Gasteiger partial charge in [0.25, 0.3) is 0 Å². The molecule has 2 nitrogen and oxygen atoms in total. The van der Waals surface area contributed by atoms with Crippen LogP contribution in [0.5, 0.6) is 0 Å². The third kappa shape index (κ3) is 2.21. The predicted octanol–water partition coefficient (Wildman–Crippen LogP) is 3.17. The first-order valence-electron chi connectivity index (χ1n) is 5.20. The summed E-state index contributed by atoms with van der Waals surface area (Å²) in [5, 5.41) is 9.26. The lowest BCUT2D eigenvalue weighted by molar-refractivity contribution is -0.139. The molecule has 16 heavy (non-hydrogen) atoms. The average molecular weight is 240 g/mol. The third-order valence-electron chi connectivity index (χ3n) is 2.92. The lowest BCUT2D eigenvalue weighted by Gasteiger charge is -2.23. The smallest absolute Gasteiger partial charge is 0.320 e. The summed E-state index contributed by atoms with van der Waals surface area (Å²) in [7, 11) is 0. The van der Waals surface area contributed by atoms with Gasteiger partial charge >= 0.3 is 5.97 Å². The van der Waals surface area contributed by atoms with Crippen molar-refractivity contribution in [1.29, 1.82) is 0 Å². The number of benzene rings is 1. The molecule has 2 rings (SSSR count). The van der Waals surface area contributed by atoms with E-state index < -0.39 is 10.7 Å². The number of rotatable bonds is 4. The van der Waals surface area contributed by atoms with E-state index in [1.165, 1.54) is 23.9 Å². The van der Waals surface area contributed by atoms with E-state index in [9.17, 15) is 14.3 Å². The predicted molar refractivity (Wildman–Crippen MR) is 61.0 cm³/mol. The maximum Gasteiger partial charge on any atom is 0.320 e. The molecule has 1 aliphatic rings. The number of hydrogen-bond donors (Lipinski definition) is 1. The highest BCUT2D eigenvalue weighted by Crippen LogP contribution is 2.50. The quantitative estimate of drug-likeness (QED) is 0.821. The number of carboxylic acid groups (broad SMARTS) is 1. The molecule has 1 N–H and O–H groups in total. The molecular formula is C12H13FO2S. The summed E-state index contributed by atoms with van der Waals surface area (Å²) >= 11 is 1.31. The molecule has 0 radical (unpaired) electrons. The molecule has 0 bridgehead atoms. The number of aliphatic carboxylic acids is 1. The molecule has 1 fully saturated rings. The van der Waals surface area contributed by atoms with Gasteiger partial charge < -0.3 is 5.11 Å². The van der Waals surface area contributed by atoms with E-state index in [0.29, 0.717) is 0 Å². The van der Waals surface area contributed by atoms with Crippen molar-refractivity contribution in [3.8, 4) is 0 Å². The summed E-state index contributed by atoms with van der Waals surface area (Å²) in [5.74, 6) is -0.850. The van der Waals surface area contributed by atoms with E-state index >= 15 is 0 Å². The molecule has 1 saturated carbocycles. The summed E-state index contributed by atoms with van der Waals surface area (Å²) in [5.41, 5.74) is 0. The standard InChI is InChI=1S/C12H13FO2S/c1-12(11(14)15,8-2-3-8)16-10-6-4-9(13)5-7-10/h4-8H,2-3H2,1H3,(H,14,15). The summed E-state index contributed by atoms with van der Waals surface area (Å²) in [6, 6.07) is 5.97. The number of carboxylic acids is 1. The van der Waals surface area contributed by atoms with E-state index in [4.69, 9.17) is 0 Å². The number of halogens is 1. The van der Waals surface area contributed by atoms with Crippen LogP contribution in [0, 0.1) is 11.7 Å². The molecule has 0 saturated heterocycles. The Labute approximate surface area is 97.9 Å². The van der Waals surface area contributed by atoms with Gasteiger partial charge in [-0.1, -0.05) is 0 Å². The van der Waals surface area contributed by atoms with Crippen LogP contribution in [0.3, 0.4) is 0 Å². The minimum Gasteiger partial charge on any atom is -0.480 e. The topological polar surface area (TPSA) is 37.3 Å². The van der Waals surface area contributed by atoms with Gasteiger partial charge in [0.15, 0.2) is 0 Å². The molecule has 0 spiro atoms. The van der Waals surface area contributed by atoms with E-state index in [1.54, 1.807) is 19.1 Å². The fraction of sp³-hybridized carbons (Fsp3) is 0.417. The molecule has 1 aliphatic carbocycles. The first-order chi connectivity index (χ1) is 7.52. The van der Waals surface area contributed by atoms with Crippen molar-refractivity contribution in [2.75, 3.05) is 0 Å². The SMILES string of the molecule is CC(Sc1ccc(F)cc1)(C(=O)O)C1CC1. The summed E-state index contributed by atoms with van der Waals surface area (Å²) in [6.07, 6.45) is 1.94. The fourth-order valence-electron chi connectivity index (χ4n) is 1.68. The second-order valence-corrected chi connectivity index (χ2v) is 5.77. The molecule has 0 aromatic heterocycles. The van der Waals surface area contributed by atoms with Crippen LogP contribution in [0.15, 0.2) is 29.2 Å². The normalized spacial score (nSPS) is 19.1. The van der Waals surface area contributed by atoms with Crippen molar-refractivity contribution in [3.05, 3.63) is 30.1 Å². The highest BCUT2D eigenvalue weighted by molar-refractivity contribution is 8.01. The van der Waals surface area contributed by atoms with Crippen LogP contribution in [0.25, 0.3) is 0 Å². The summed E-state index contributed by atoms with van der Waals surface area (Å²) < 4.78 is 11.9. The third-order valence-corrected chi connectivity index (χ3v) is 4.36.